The minimum Gasteiger partial charge on any atom is -0.480 e. The van der Waals surface area contributed by atoms with Gasteiger partial charge >= 0.3 is 5.97 Å². The Labute approximate surface area is 94.8 Å². The zero-order chi connectivity index (χ0) is 11.5. The van der Waals surface area contributed by atoms with E-state index in [4.69, 9.17) is 5.11 Å². The summed E-state index contributed by atoms with van der Waals surface area (Å²) in [5, 5.41) is 11.8. The maximum absolute atomic E-state index is 11.7. The normalized spacial score (nSPS) is 22.1. The molecule has 5 nitrogen and oxygen atoms in total. The second-order valence-corrected chi connectivity index (χ2v) is 4.62. The Kier molecular flexibility index (Phi) is 3.43. The average Bonchev–Trinajstić information content (AvgIpc) is 2.93. The van der Waals surface area contributed by atoms with Crippen LogP contribution in [0.15, 0.2) is 0 Å². The molecule has 1 aliphatic carbocycles. The van der Waals surface area contributed by atoms with Crippen molar-refractivity contribution < 1.29 is 14.7 Å². The highest BCUT2D eigenvalue weighted by Crippen LogP contribution is 2.32. The third-order valence-corrected chi connectivity index (χ3v) is 3.29. The number of nitrogens with zero attached hydrogens (tertiary/aromatic N) is 1. The number of carbonyl (C=O) groups is 2. The molecule has 90 valence electrons. The molecule has 2 rings (SSSR count). The zero-order valence-electron chi connectivity index (χ0n) is 9.32. The molecule has 1 heterocycles. The number of nitrogens with one attached hydrogen (secondary N) is 1. The highest BCUT2D eigenvalue weighted by atomic mass is 16.4. The van der Waals surface area contributed by atoms with Gasteiger partial charge in [0.1, 0.15) is 6.04 Å². The Bertz CT molecular complexity index is 283. The second kappa shape index (κ2) is 4.82. The summed E-state index contributed by atoms with van der Waals surface area (Å²) in [6, 6.07) is -0.536. The quantitative estimate of drug-likeness (QED) is 0.695. The number of aliphatic carboxylic acids is 1. The molecule has 1 saturated carbocycles. The van der Waals surface area contributed by atoms with Gasteiger partial charge in [-0.05, 0) is 31.6 Å². The van der Waals surface area contributed by atoms with Gasteiger partial charge in [0.05, 0.1) is 6.54 Å². The summed E-state index contributed by atoms with van der Waals surface area (Å²) >= 11 is 0. The number of likely N-dealkylation sites (tertiary alicyclic amines) is 1. The lowest BCUT2D eigenvalue weighted by Gasteiger charge is -2.18. The molecule has 0 aromatic carbocycles. The predicted molar refractivity (Wildman–Crippen MR) is 58.0 cm³/mol. The molecule has 1 amide bonds. The topological polar surface area (TPSA) is 69.6 Å². The third-order valence-electron chi connectivity index (χ3n) is 3.29. The third kappa shape index (κ3) is 2.72. The molecule has 1 aliphatic heterocycles. The summed E-state index contributed by atoms with van der Waals surface area (Å²) in [6.07, 6.45) is 4.05. The van der Waals surface area contributed by atoms with E-state index in [0.29, 0.717) is 0 Å². The SMILES string of the molecule is O=C(O)C(NCC(=O)N1CCCC1)C1CC1. The fraction of sp³-hybridized carbons (Fsp3) is 0.818. The van der Waals surface area contributed by atoms with E-state index in [-0.39, 0.29) is 18.4 Å². The first-order valence-corrected chi connectivity index (χ1v) is 5.92. The van der Waals surface area contributed by atoms with E-state index in [2.05, 4.69) is 5.32 Å². The summed E-state index contributed by atoms with van der Waals surface area (Å²) in [5.74, 6) is -0.579. The molecule has 2 aliphatic rings. The molecule has 1 unspecified atom stereocenters. The van der Waals surface area contributed by atoms with Crippen LogP contribution >= 0.6 is 0 Å². The lowest BCUT2D eigenvalue weighted by molar-refractivity contribution is -0.140. The molecule has 2 fully saturated rings. The highest BCUT2D eigenvalue weighted by molar-refractivity contribution is 5.80. The molecule has 0 bridgehead atoms. The Morgan fingerprint density at radius 3 is 2.44 bits per heavy atom. The lowest BCUT2D eigenvalue weighted by Crippen LogP contribution is -2.45. The lowest BCUT2D eigenvalue weighted by atomic mass is 10.2. The van der Waals surface area contributed by atoms with E-state index in [9.17, 15) is 9.59 Å². The van der Waals surface area contributed by atoms with Crippen LogP contribution in [0, 0.1) is 5.92 Å². The van der Waals surface area contributed by atoms with Crippen molar-refractivity contribution in [1.29, 1.82) is 0 Å². The Hall–Kier alpha value is -1.10. The van der Waals surface area contributed by atoms with E-state index in [1.165, 1.54) is 0 Å². The Morgan fingerprint density at radius 2 is 1.94 bits per heavy atom. The average molecular weight is 226 g/mol. The van der Waals surface area contributed by atoms with Crippen molar-refractivity contribution in [2.24, 2.45) is 5.92 Å². The Balaban J connectivity index is 1.76. The van der Waals surface area contributed by atoms with E-state index in [1.54, 1.807) is 4.90 Å². The van der Waals surface area contributed by atoms with Crippen LogP contribution in [-0.2, 0) is 9.59 Å². The molecular weight excluding hydrogens is 208 g/mol. The summed E-state index contributed by atoms with van der Waals surface area (Å²) in [6.45, 7) is 1.80. The molecule has 1 atom stereocenters. The molecule has 0 radical (unpaired) electrons. The molecule has 16 heavy (non-hydrogen) atoms. The number of amides is 1. The van der Waals surface area contributed by atoms with Crippen molar-refractivity contribution in [2.75, 3.05) is 19.6 Å². The fourth-order valence-electron chi connectivity index (χ4n) is 2.16. The van der Waals surface area contributed by atoms with Gasteiger partial charge in [-0.3, -0.25) is 14.9 Å². The van der Waals surface area contributed by atoms with Crippen LogP contribution in [0.25, 0.3) is 0 Å². The van der Waals surface area contributed by atoms with Crippen molar-refractivity contribution in [2.45, 2.75) is 31.7 Å². The number of hydrogen-bond donors (Lipinski definition) is 2. The van der Waals surface area contributed by atoms with Crippen LogP contribution in [-0.4, -0.2) is 47.6 Å². The summed E-state index contributed by atoms with van der Waals surface area (Å²) in [7, 11) is 0. The first-order valence-electron chi connectivity index (χ1n) is 5.92. The van der Waals surface area contributed by atoms with Gasteiger partial charge in [-0.2, -0.15) is 0 Å². The van der Waals surface area contributed by atoms with Gasteiger partial charge < -0.3 is 10.0 Å². The number of carboxylic acid groups (broad SMARTS) is 1. The first kappa shape index (κ1) is 11.4. The highest BCUT2D eigenvalue weighted by Gasteiger charge is 2.36. The van der Waals surface area contributed by atoms with Crippen molar-refractivity contribution in [3.05, 3.63) is 0 Å². The van der Waals surface area contributed by atoms with Gasteiger partial charge in [-0.25, -0.2) is 0 Å². The van der Waals surface area contributed by atoms with E-state index in [1.807, 2.05) is 0 Å². The summed E-state index contributed by atoms with van der Waals surface area (Å²) in [5.41, 5.74) is 0. The summed E-state index contributed by atoms with van der Waals surface area (Å²) in [4.78, 5) is 24.4. The number of carbonyl (C=O) groups excluding carboxylic acids is 1. The molecule has 0 aromatic heterocycles. The second-order valence-electron chi connectivity index (χ2n) is 4.62. The molecule has 1 saturated heterocycles. The van der Waals surface area contributed by atoms with E-state index < -0.39 is 12.0 Å². The largest absolute Gasteiger partial charge is 0.480 e. The van der Waals surface area contributed by atoms with Crippen LogP contribution < -0.4 is 5.32 Å². The van der Waals surface area contributed by atoms with Crippen LogP contribution in [0.2, 0.25) is 0 Å². The van der Waals surface area contributed by atoms with Gasteiger partial charge in [-0.15, -0.1) is 0 Å². The van der Waals surface area contributed by atoms with E-state index in [0.717, 1.165) is 38.8 Å². The number of rotatable bonds is 5. The van der Waals surface area contributed by atoms with Gasteiger partial charge in [-0.1, -0.05) is 0 Å². The van der Waals surface area contributed by atoms with Crippen molar-refractivity contribution in [1.82, 2.24) is 10.2 Å². The number of hydrogen-bond acceptors (Lipinski definition) is 3. The van der Waals surface area contributed by atoms with Gasteiger partial charge in [0.15, 0.2) is 0 Å². The number of carboxylic acids is 1. The predicted octanol–water partition coefficient (Wildman–Crippen LogP) is 0.0616. The maximum atomic E-state index is 11.7. The smallest absolute Gasteiger partial charge is 0.320 e. The van der Waals surface area contributed by atoms with Gasteiger partial charge in [0, 0.05) is 13.1 Å². The first-order chi connectivity index (χ1) is 7.68. The van der Waals surface area contributed by atoms with Crippen LogP contribution in [0.4, 0.5) is 0 Å². The molecule has 5 heteroatoms. The monoisotopic (exact) mass is 226 g/mol. The van der Waals surface area contributed by atoms with Crippen LogP contribution in [0.5, 0.6) is 0 Å². The Morgan fingerprint density at radius 1 is 1.31 bits per heavy atom. The summed E-state index contributed by atoms with van der Waals surface area (Å²) < 4.78 is 0. The molecule has 0 spiro atoms. The standard InChI is InChI=1S/C11H18N2O3/c14-9(13-5-1-2-6-13)7-12-10(11(15)16)8-3-4-8/h8,10,12H,1-7H2,(H,15,16). The molecule has 2 N–H and O–H groups in total. The van der Waals surface area contributed by atoms with Crippen molar-refractivity contribution in [3.63, 3.8) is 0 Å². The van der Waals surface area contributed by atoms with E-state index >= 15 is 0 Å². The van der Waals surface area contributed by atoms with Crippen LogP contribution in [0.1, 0.15) is 25.7 Å². The van der Waals surface area contributed by atoms with Crippen molar-refractivity contribution in [3.8, 4) is 0 Å². The van der Waals surface area contributed by atoms with Gasteiger partial charge in [0.25, 0.3) is 0 Å². The molecular formula is C11H18N2O3. The fourth-order valence-corrected chi connectivity index (χ4v) is 2.16. The molecule has 0 aromatic rings. The van der Waals surface area contributed by atoms with Crippen LogP contribution in [0.3, 0.4) is 0 Å². The zero-order valence-corrected chi connectivity index (χ0v) is 9.32. The minimum atomic E-state index is -0.836. The van der Waals surface area contributed by atoms with Crippen molar-refractivity contribution >= 4 is 11.9 Å². The maximum Gasteiger partial charge on any atom is 0.320 e. The minimum absolute atomic E-state index is 0.0319. The van der Waals surface area contributed by atoms with Gasteiger partial charge in [0.2, 0.25) is 5.91 Å².